The summed E-state index contributed by atoms with van der Waals surface area (Å²) in [6, 6.07) is 1.05. The van der Waals surface area contributed by atoms with Gasteiger partial charge in [0.15, 0.2) is 5.82 Å². The Hall–Kier alpha value is -0.940. The fraction of sp³-hybridized carbons (Fsp3) is 0.800. The summed E-state index contributed by atoms with van der Waals surface area (Å²) in [5.41, 5.74) is 0. The van der Waals surface area contributed by atoms with Crippen molar-refractivity contribution in [1.29, 1.82) is 0 Å². The lowest BCUT2D eigenvalue weighted by Crippen LogP contribution is -2.53. The summed E-state index contributed by atoms with van der Waals surface area (Å²) in [5.74, 6) is 1.43. The molecular formula is C10H18N4O. The molecule has 0 bridgehead atoms. The van der Waals surface area contributed by atoms with Crippen LogP contribution in [0.2, 0.25) is 0 Å². The van der Waals surface area contributed by atoms with Crippen molar-refractivity contribution in [3.8, 4) is 0 Å². The molecule has 2 unspecified atom stereocenters. The molecule has 1 aromatic rings. The first-order valence-corrected chi connectivity index (χ1v) is 5.42. The number of nitrogens with zero attached hydrogens (tertiary/aromatic N) is 3. The zero-order valence-corrected chi connectivity index (χ0v) is 9.53. The van der Waals surface area contributed by atoms with E-state index in [1.165, 1.54) is 0 Å². The number of hydrogen-bond acceptors (Lipinski definition) is 5. The number of aryl methyl sites for hydroxylation is 1. The SMILES string of the molecule is Cc1noc(CN2CC(C)NCC2C)n1. The van der Waals surface area contributed by atoms with E-state index in [-0.39, 0.29) is 0 Å². The van der Waals surface area contributed by atoms with Crippen LogP contribution in [0.4, 0.5) is 0 Å². The Morgan fingerprint density at radius 2 is 2.33 bits per heavy atom. The van der Waals surface area contributed by atoms with Crippen LogP contribution in [0.3, 0.4) is 0 Å². The molecule has 2 atom stereocenters. The number of nitrogens with one attached hydrogen (secondary N) is 1. The third-order valence-electron chi connectivity index (χ3n) is 2.80. The largest absolute Gasteiger partial charge is 0.338 e. The zero-order chi connectivity index (χ0) is 10.8. The third-order valence-corrected chi connectivity index (χ3v) is 2.80. The van der Waals surface area contributed by atoms with Gasteiger partial charge in [-0.1, -0.05) is 5.16 Å². The highest BCUT2D eigenvalue weighted by molar-refractivity contribution is 4.87. The molecule has 84 valence electrons. The van der Waals surface area contributed by atoms with Crippen LogP contribution >= 0.6 is 0 Å². The summed E-state index contributed by atoms with van der Waals surface area (Å²) >= 11 is 0. The van der Waals surface area contributed by atoms with Crippen molar-refractivity contribution >= 4 is 0 Å². The van der Waals surface area contributed by atoms with Crippen molar-refractivity contribution < 1.29 is 4.52 Å². The highest BCUT2D eigenvalue weighted by atomic mass is 16.5. The highest BCUT2D eigenvalue weighted by Crippen LogP contribution is 2.10. The van der Waals surface area contributed by atoms with E-state index in [1.54, 1.807) is 0 Å². The van der Waals surface area contributed by atoms with Gasteiger partial charge in [-0.3, -0.25) is 4.90 Å². The van der Waals surface area contributed by atoms with Crippen LogP contribution < -0.4 is 5.32 Å². The van der Waals surface area contributed by atoms with Crippen LogP contribution in [0.15, 0.2) is 4.52 Å². The van der Waals surface area contributed by atoms with Gasteiger partial charge >= 0.3 is 0 Å². The van der Waals surface area contributed by atoms with E-state index in [2.05, 4.69) is 34.2 Å². The highest BCUT2D eigenvalue weighted by Gasteiger charge is 2.23. The predicted molar refractivity (Wildman–Crippen MR) is 56.4 cm³/mol. The number of aromatic nitrogens is 2. The van der Waals surface area contributed by atoms with Gasteiger partial charge in [0.2, 0.25) is 5.89 Å². The van der Waals surface area contributed by atoms with E-state index in [0.29, 0.717) is 23.8 Å². The summed E-state index contributed by atoms with van der Waals surface area (Å²) in [5, 5.41) is 7.24. The van der Waals surface area contributed by atoms with Crippen molar-refractivity contribution in [2.45, 2.75) is 39.4 Å². The lowest BCUT2D eigenvalue weighted by Gasteiger charge is -2.36. The molecule has 0 radical (unpaired) electrons. The van der Waals surface area contributed by atoms with E-state index in [1.807, 2.05) is 6.92 Å². The Morgan fingerprint density at radius 3 is 3.00 bits per heavy atom. The van der Waals surface area contributed by atoms with Gasteiger partial charge in [-0.05, 0) is 20.8 Å². The van der Waals surface area contributed by atoms with E-state index in [0.717, 1.165) is 19.6 Å². The fourth-order valence-electron chi connectivity index (χ4n) is 1.90. The quantitative estimate of drug-likeness (QED) is 0.773. The molecule has 2 rings (SSSR count). The van der Waals surface area contributed by atoms with Crippen molar-refractivity contribution in [1.82, 2.24) is 20.4 Å². The first-order chi connectivity index (χ1) is 7.15. The van der Waals surface area contributed by atoms with Crippen molar-refractivity contribution in [2.75, 3.05) is 13.1 Å². The summed E-state index contributed by atoms with van der Waals surface area (Å²) in [6.45, 7) is 9.06. The second kappa shape index (κ2) is 4.28. The molecule has 5 heteroatoms. The average molecular weight is 210 g/mol. The molecule has 0 aliphatic carbocycles. The Morgan fingerprint density at radius 1 is 1.53 bits per heavy atom. The van der Waals surface area contributed by atoms with Gasteiger partial charge in [-0.15, -0.1) is 0 Å². The van der Waals surface area contributed by atoms with E-state index < -0.39 is 0 Å². The minimum atomic E-state index is 0.522. The minimum Gasteiger partial charge on any atom is -0.338 e. The molecule has 1 N–H and O–H groups in total. The molecule has 1 saturated heterocycles. The molecule has 1 aromatic heterocycles. The molecular weight excluding hydrogens is 192 g/mol. The van der Waals surface area contributed by atoms with Crippen LogP contribution in [-0.4, -0.2) is 40.2 Å². The molecule has 1 fully saturated rings. The normalized spacial score (nSPS) is 28.2. The summed E-state index contributed by atoms with van der Waals surface area (Å²) in [6.07, 6.45) is 0. The van der Waals surface area contributed by atoms with Crippen molar-refractivity contribution in [2.24, 2.45) is 0 Å². The average Bonchev–Trinajstić information content (AvgIpc) is 2.58. The zero-order valence-electron chi connectivity index (χ0n) is 9.53. The smallest absolute Gasteiger partial charge is 0.240 e. The van der Waals surface area contributed by atoms with Gasteiger partial charge in [0.05, 0.1) is 6.54 Å². The first kappa shape index (κ1) is 10.6. The Balaban J connectivity index is 1.98. The third kappa shape index (κ3) is 2.54. The van der Waals surface area contributed by atoms with Gasteiger partial charge < -0.3 is 9.84 Å². The van der Waals surface area contributed by atoms with Crippen LogP contribution in [0.5, 0.6) is 0 Å². The summed E-state index contributed by atoms with van der Waals surface area (Å²) in [4.78, 5) is 6.59. The molecule has 5 nitrogen and oxygen atoms in total. The van der Waals surface area contributed by atoms with Crippen molar-refractivity contribution in [3.05, 3.63) is 11.7 Å². The van der Waals surface area contributed by atoms with Gasteiger partial charge in [-0.25, -0.2) is 0 Å². The second-order valence-corrected chi connectivity index (χ2v) is 4.32. The lowest BCUT2D eigenvalue weighted by molar-refractivity contribution is 0.123. The summed E-state index contributed by atoms with van der Waals surface area (Å²) in [7, 11) is 0. The maximum absolute atomic E-state index is 5.13. The molecule has 15 heavy (non-hydrogen) atoms. The number of hydrogen-bond donors (Lipinski definition) is 1. The Labute approximate surface area is 89.8 Å². The maximum atomic E-state index is 5.13. The topological polar surface area (TPSA) is 54.2 Å². The molecule has 1 aliphatic heterocycles. The molecule has 0 amide bonds. The van der Waals surface area contributed by atoms with Crippen LogP contribution in [0.1, 0.15) is 25.6 Å². The van der Waals surface area contributed by atoms with E-state index >= 15 is 0 Å². The standard InChI is InChI=1S/C10H18N4O/c1-7-5-14(8(2)4-11-7)6-10-12-9(3)13-15-10/h7-8,11H,4-6H2,1-3H3. The van der Waals surface area contributed by atoms with Crippen LogP contribution in [-0.2, 0) is 6.54 Å². The molecule has 0 spiro atoms. The number of piperazine rings is 1. The van der Waals surface area contributed by atoms with Crippen LogP contribution in [0, 0.1) is 6.92 Å². The predicted octanol–water partition coefficient (Wildman–Crippen LogP) is 0.560. The van der Waals surface area contributed by atoms with Gasteiger partial charge in [0.1, 0.15) is 0 Å². The molecule has 0 aromatic carbocycles. The van der Waals surface area contributed by atoms with Gasteiger partial charge in [0, 0.05) is 25.2 Å². The Kier molecular flexibility index (Phi) is 3.02. The first-order valence-electron chi connectivity index (χ1n) is 5.42. The van der Waals surface area contributed by atoms with E-state index in [4.69, 9.17) is 4.52 Å². The van der Waals surface area contributed by atoms with Gasteiger partial charge in [0.25, 0.3) is 0 Å². The summed E-state index contributed by atoms with van der Waals surface area (Å²) < 4.78 is 5.13. The number of rotatable bonds is 2. The Bertz CT molecular complexity index is 325. The maximum Gasteiger partial charge on any atom is 0.240 e. The molecule has 1 aliphatic rings. The fourth-order valence-corrected chi connectivity index (χ4v) is 1.90. The minimum absolute atomic E-state index is 0.522. The monoisotopic (exact) mass is 210 g/mol. The van der Waals surface area contributed by atoms with E-state index in [9.17, 15) is 0 Å². The van der Waals surface area contributed by atoms with Crippen molar-refractivity contribution in [3.63, 3.8) is 0 Å². The van der Waals surface area contributed by atoms with Gasteiger partial charge in [-0.2, -0.15) is 4.98 Å². The lowest BCUT2D eigenvalue weighted by atomic mass is 10.1. The molecule has 0 saturated carbocycles. The molecule has 2 heterocycles. The second-order valence-electron chi connectivity index (χ2n) is 4.32. The van der Waals surface area contributed by atoms with Crippen LogP contribution in [0.25, 0.3) is 0 Å².